The third-order valence-corrected chi connectivity index (χ3v) is 5.99. The van der Waals surface area contributed by atoms with Crippen molar-refractivity contribution in [2.75, 3.05) is 6.54 Å². The Hall–Kier alpha value is -3.81. The number of phenolic OH excluding ortho intramolecular Hbond substituents is 1. The summed E-state index contributed by atoms with van der Waals surface area (Å²) in [7, 11) is 0. The van der Waals surface area contributed by atoms with Crippen LogP contribution in [-0.2, 0) is 20.7 Å². The number of amides is 3. The standard InChI is InChI=1S/C31H43N3O5/c1-8-10-18-32-28(36)27(24-13-11-12-22(9-2)19-24)34(21(3)4)29(37)26(33-30(38)39-31(5,6)7)20-23-14-16-25(35)17-15-23/h9,11-17,19,21,26-27,35H,2,8,10,18,20H2,1,3-7H3,(H,32,36)(H,33,38). The van der Waals surface area contributed by atoms with E-state index in [1.54, 1.807) is 39.0 Å². The molecule has 0 aliphatic rings. The van der Waals surface area contributed by atoms with E-state index < -0.39 is 29.7 Å². The number of aromatic hydroxyl groups is 1. The lowest BCUT2D eigenvalue weighted by Crippen LogP contribution is -2.55. The van der Waals surface area contributed by atoms with Gasteiger partial charge in [-0.2, -0.15) is 0 Å². The monoisotopic (exact) mass is 537 g/mol. The Bertz CT molecular complexity index is 1120. The van der Waals surface area contributed by atoms with Gasteiger partial charge in [0.2, 0.25) is 11.8 Å². The number of nitrogens with one attached hydrogen (secondary N) is 2. The molecule has 3 N–H and O–H groups in total. The van der Waals surface area contributed by atoms with Crippen LogP contribution in [0, 0.1) is 0 Å². The van der Waals surface area contributed by atoms with Crippen molar-refractivity contribution < 1.29 is 24.2 Å². The Morgan fingerprint density at radius 3 is 2.33 bits per heavy atom. The fraction of sp³-hybridized carbons (Fsp3) is 0.452. The molecule has 8 nitrogen and oxygen atoms in total. The maximum atomic E-state index is 14.3. The number of ether oxygens (including phenoxy) is 1. The number of nitrogens with zero attached hydrogens (tertiary/aromatic N) is 1. The summed E-state index contributed by atoms with van der Waals surface area (Å²) in [6, 6.07) is 11.4. The average molecular weight is 538 g/mol. The zero-order valence-electron chi connectivity index (χ0n) is 24.0. The molecule has 0 fully saturated rings. The van der Waals surface area contributed by atoms with Crippen LogP contribution < -0.4 is 10.6 Å². The first-order valence-corrected chi connectivity index (χ1v) is 13.5. The molecule has 0 aliphatic heterocycles. The lowest BCUT2D eigenvalue weighted by Gasteiger charge is -2.37. The molecule has 3 amide bonds. The van der Waals surface area contributed by atoms with E-state index in [0.29, 0.717) is 12.1 Å². The highest BCUT2D eigenvalue weighted by Gasteiger charge is 2.37. The molecular weight excluding hydrogens is 494 g/mol. The number of alkyl carbamates (subject to hydrolysis) is 1. The van der Waals surface area contributed by atoms with Crippen molar-refractivity contribution in [2.24, 2.45) is 0 Å². The zero-order chi connectivity index (χ0) is 29.2. The maximum Gasteiger partial charge on any atom is 0.408 e. The van der Waals surface area contributed by atoms with E-state index in [-0.39, 0.29) is 24.1 Å². The quantitative estimate of drug-likeness (QED) is 0.316. The van der Waals surface area contributed by atoms with E-state index >= 15 is 0 Å². The van der Waals surface area contributed by atoms with Gasteiger partial charge in [0.05, 0.1) is 0 Å². The van der Waals surface area contributed by atoms with Gasteiger partial charge < -0.3 is 25.4 Å². The van der Waals surface area contributed by atoms with Crippen LogP contribution in [0.5, 0.6) is 5.75 Å². The van der Waals surface area contributed by atoms with Crippen LogP contribution in [0.2, 0.25) is 0 Å². The number of unbranched alkanes of at least 4 members (excludes halogenated alkanes) is 1. The maximum absolute atomic E-state index is 14.3. The van der Waals surface area contributed by atoms with Crippen LogP contribution in [0.3, 0.4) is 0 Å². The van der Waals surface area contributed by atoms with Crippen LogP contribution in [0.15, 0.2) is 55.1 Å². The smallest absolute Gasteiger partial charge is 0.408 e. The minimum Gasteiger partial charge on any atom is -0.508 e. The average Bonchev–Trinajstić information content (AvgIpc) is 2.86. The van der Waals surface area contributed by atoms with E-state index in [2.05, 4.69) is 17.2 Å². The van der Waals surface area contributed by atoms with Crippen molar-refractivity contribution >= 4 is 24.0 Å². The third-order valence-electron chi connectivity index (χ3n) is 5.99. The number of carbonyl (C=O) groups excluding carboxylic acids is 3. The summed E-state index contributed by atoms with van der Waals surface area (Å²) >= 11 is 0. The molecule has 0 saturated heterocycles. The minimum absolute atomic E-state index is 0.0939. The highest BCUT2D eigenvalue weighted by Crippen LogP contribution is 2.27. The summed E-state index contributed by atoms with van der Waals surface area (Å²) in [5, 5.41) is 15.4. The van der Waals surface area contributed by atoms with Crippen LogP contribution in [-0.4, -0.2) is 52.1 Å². The molecule has 0 spiro atoms. The summed E-state index contributed by atoms with van der Waals surface area (Å²) in [5.74, 6) is -0.632. The fourth-order valence-corrected chi connectivity index (χ4v) is 4.16. The molecule has 0 radical (unpaired) electrons. The van der Waals surface area contributed by atoms with Gasteiger partial charge in [-0.25, -0.2) is 4.79 Å². The van der Waals surface area contributed by atoms with Gasteiger partial charge in [0.1, 0.15) is 23.4 Å². The molecule has 0 aromatic heterocycles. The molecule has 2 rings (SSSR count). The highest BCUT2D eigenvalue weighted by molar-refractivity contribution is 5.92. The lowest BCUT2D eigenvalue weighted by atomic mass is 9.97. The number of phenols is 1. The molecule has 0 bridgehead atoms. The van der Waals surface area contributed by atoms with Crippen LogP contribution in [0.1, 0.15) is 77.1 Å². The molecule has 39 heavy (non-hydrogen) atoms. The van der Waals surface area contributed by atoms with Crippen molar-refractivity contribution in [3.05, 3.63) is 71.8 Å². The SMILES string of the molecule is C=Cc1cccc(C(C(=O)NCCCC)N(C(=O)C(Cc2ccc(O)cc2)NC(=O)OC(C)(C)C)C(C)C)c1. The Morgan fingerprint density at radius 1 is 1.10 bits per heavy atom. The molecule has 2 aromatic carbocycles. The first kappa shape index (κ1) is 31.4. The number of carbonyl (C=O) groups is 3. The molecule has 0 heterocycles. The van der Waals surface area contributed by atoms with E-state index in [9.17, 15) is 19.5 Å². The van der Waals surface area contributed by atoms with Crippen molar-refractivity contribution in [2.45, 2.75) is 84.5 Å². The van der Waals surface area contributed by atoms with Gasteiger partial charge in [-0.1, -0.05) is 56.3 Å². The van der Waals surface area contributed by atoms with Crippen molar-refractivity contribution in [1.29, 1.82) is 0 Å². The molecule has 2 aromatic rings. The molecule has 0 aliphatic carbocycles. The van der Waals surface area contributed by atoms with Crippen LogP contribution >= 0.6 is 0 Å². The Labute approximate surface area is 232 Å². The van der Waals surface area contributed by atoms with Crippen molar-refractivity contribution in [3.8, 4) is 5.75 Å². The number of hydrogen-bond donors (Lipinski definition) is 3. The molecule has 0 saturated carbocycles. The predicted molar refractivity (Wildman–Crippen MR) is 154 cm³/mol. The Morgan fingerprint density at radius 2 is 1.77 bits per heavy atom. The highest BCUT2D eigenvalue weighted by atomic mass is 16.6. The summed E-state index contributed by atoms with van der Waals surface area (Å²) in [5.41, 5.74) is 1.43. The fourth-order valence-electron chi connectivity index (χ4n) is 4.16. The van der Waals surface area contributed by atoms with Gasteiger partial charge in [0.25, 0.3) is 0 Å². The summed E-state index contributed by atoms with van der Waals surface area (Å²) in [6.07, 6.45) is 2.82. The molecule has 2 unspecified atom stereocenters. The van der Waals surface area contributed by atoms with Gasteiger partial charge in [-0.3, -0.25) is 9.59 Å². The lowest BCUT2D eigenvalue weighted by molar-refractivity contribution is -0.144. The summed E-state index contributed by atoms with van der Waals surface area (Å²) in [6.45, 7) is 15.3. The molecule has 8 heteroatoms. The van der Waals surface area contributed by atoms with E-state index in [1.807, 2.05) is 45.0 Å². The van der Waals surface area contributed by atoms with Gasteiger partial charge >= 0.3 is 6.09 Å². The Kier molecular flexibility index (Phi) is 11.6. The largest absolute Gasteiger partial charge is 0.508 e. The normalized spacial score (nSPS) is 12.8. The van der Waals surface area contributed by atoms with Gasteiger partial charge in [-0.05, 0) is 75.9 Å². The number of rotatable bonds is 12. The summed E-state index contributed by atoms with van der Waals surface area (Å²) < 4.78 is 5.45. The van der Waals surface area contributed by atoms with Crippen LogP contribution in [0.25, 0.3) is 6.08 Å². The molecular formula is C31H43N3O5. The second-order valence-corrected chi connectivity index (χ2v) is 10.8. The van der Waals surface area contributed by atoms with Crippen molar-refractivity contribution in [3.63, 3.8) is 0 Å². The second-order valence-electron chi connectivity index (χ2n) is 10.8. The number of benzene rings is 2. The topological polar surface area (TPSA) is 108 Å². The predicted octanol–water partition coefficient (Wildman–Crippen LogP) is 5.37. The summed E-state index contributed by atoms with van der Waals surface area (Å²) in [4.78, 5) is 42.2. The van der Waals surface area contributed by atoms with E-state index in [4.69, 9.17) is 4.74 Å². The minimum atomic E-state index is -1.03. The first-order valence-electron chi connectivity index (χ1n) is 13.5. The van der Waals surface area contributed by atoms with Crippen molar-refractivity contribution in [1.82, 2.24) is 15.5 Å². The first-order chi connectivity index (χ1) is 18.4. The molecule has 2 atom stereocenters. The van der Waals surface area contributed by atoms with Crippen LogP contribution in [0.4, 0.5) is 4.79 Å². The van der Waals surface area contributed by atoms with Gasteiger partial charge in [0.15, 0.2) is 0 Å². The van der Waals surface area contributed by atoms with Gasteiger partial charge in [0, 0.05) is 19.0 Å². The molecule has 212 valence electrons. The third kappa shape index (κ3) is 9.78. The zero-order valence-corrected chi connectivity index (χ0v) is 24.0. The Balaban J connectivity index is 2.54. The van der Waals surface area contributed by atoms with E-state index in [0.717, 1.165) is 24.0 Å². The van der Waals surface area contributed by atoms with E-state index in [1.165, 1.54) is 17.0 Å². The van der Waals surface area contributed by atoms with Gasteiger partial charge in [-0.15, -0.1) is 0 Å². The second kappa shape index (κ2) is 14.4. The number of hydrogen-bond acceptors (Lipinski definition) is 5.